The van der Waals surface area contributed by atoms with Crippen molar-refractivity contribution in [3.63, 3.8) is 0 Å². The number of nitrogens with one attached hydrogen (secondary N) is 1. The molecule has 1 aromatic carbocycles. The molecule has 0 aliphatic carbocycles. The van der Waals surface area contributed by atoms with E-state index in [4.69, 9.17) is 9.47 Å². The van der Waals surface area contributed by atoms with Gasteiger partial charge in [-0.1, -0.05) is 26.0 Å². The van der Waals surface area contributed by atoms with Crippen LogP contribution < -0.4 is 10.1 Å². The summed E-state index contributed by atoms with van der Waals surface area (Å²) in [6.07, 6.45) is -0.938. The number of amides is 2. The molecule has 1 aliphatic rings. The van der Waals surface area contributed by atoms with Crippen LogP contribution in [0, 0.1) is 0 Å². The molecular weight excluding hydrogens is 348 g/mol. The van der Waals surface area contributed by atoms with Crippen LogP contribution in [0.1, 0.15) is 45.6 Å². The van der Waals surface area contributed by atoms with Gasteiger partial charge >= 0.3 is 5.97 Å². The molecule has 2 amide bonds. The number of esters is 1. The average Bonchev–Trinajstić information content (AvgIpc) is 2.63. The van der Waals surface area contributed by atoms with Crippen molar-refractivity contribution in [1.82, 2.24) is 10.2 Å². The van der Waals surface area contributed by atoms with Gasteiger partial charge in [-0.2, -0.15) is 0 Å². The van der Waals surface area contributed by atoms with Gasteiger partial charge in [0.2, 0.25) is 5.91 Å². The number of benzene rings is 1. The van der Waals surface area contributed by atoms with Crippen molar-refractivity contribution in [3.8, 4) is 5.75 Å². The van der Waals surface area contributed by atoms with Crippen molar-refractivity contribution >= 4 is 17.8 Å². The summed E-state index contributed by atoms with van der Waals surface area (Å²) in [5, 5.41) is 2.69. The van der Waals surface area contributed by atoms with Crippen LogP contribution in [0.25, 0.3) is 0 Å². The van der Waals surface area contributed by atoms with E-state index < -0.39 is 18.1 Å². The van der Waals surface area contributed by atoms with Crippen LogP contribution in [0.15, 0.2) is 24.3 Å². The van der Waals surface area contributed by atoms with Crippen molar-refractivity contribution in [2.75, 3.05) is 19.7 Å². The molecule has 0 spiro atoms. The van der Waals surface area contributed by atoms with Crippen LogP contribution in [0.3, 0.4) is 0 Å². The summed E-state index contributed by atoms with van der Waals surface area (Å²) in [6.45, 7) is 8.45. The molecule has 2 rings (SSSR count). The zero-order valence-corrected chi connectivity index (χ0v) is 16.4. The molecule has 1 N–H and O–H groups in total. The highest BCUT2D eigenvalue weighted by molar-refractivity contribution is 5.93. The topological polar surface area (TPSA) is 84.9 Å². The minimum absolute atomic E-state index is 0.165. The predicted octanol–water partition coefficient (Wildman–Crippen LogP) is 1.86. The molecular formula is C20H28N2O5. The minimum atomic E-state index is -0.875. The van der Waals surface area contributed by atoms with E-state index in [0.29, 0.717) is 24.8 Å². The number of piperazine rings is 1. The Morgan fingerprint density at radius 3 is 2.48 bits per heavy atom. The van der Waals surface area contributed by atoms with E-state index in [1.54, 1.807) is 13.8 Å². The molecule has 2 atom stereocenters. The lowest BCUT2D eigenvalue weighted by molar-refractivity contribution is -0.153. The van der Waals surface area contributed by atoms with Gasteiger partial charge in [-0.25, -0.2) is 0 Å². The van der Waals surface area contributed by atoms with Crippen LogP contribution >= 0.6 is 0 Å². The van der Waals surface area contributed by atoms with Gasteiger partial charge in [0.15, 0.2) is 6.10 Å². The Labute approximate surface area is 160 Å². The van der Waals surface area contributed by atoms with Crippen molar-refractivity contribution in [2.45, 2.75) is 52.2 Å². The maximum absolute atomic E-state index is 12.8. The van der Waals surface area contributed by atoms with E-state index in [2.05, 4.69) is 19.2 Å². The Bertz CT molecular complexity index is 671. The summed E-state index contributed by atoms with van der Waals surface area (Å²) < 4.78 is 10.7. The van der Waals surface area contributed by atoms with E-state index >= 15 is 0 Å². The molecule has 1 aliphatic heterocycles. The highest BCUT2D eigenvalue weighted by atomic mass is 16.5. The molecule has 0 bridgehead atoms. The van der Waals surface area contributed by atoms with Gasteiger partial charge in [0.25, 0.3) is 5.91 Å². The summed E-state index contributed by atoms with van der Waals surface area (Å²) in [6, 6.07) is 6.72. The molecule has 1 fully saturated rings. The first-order valence-electron chi connectivity index (χ1n) is 9.33. The van der Waals surface area contributed by atoms with Gasteiger partial charge in [0.1, 0.15) is 11.8 Å². The first kappa shape index (κ1) is 20.7. The predicted molar refractivity (Wildman–Crippen MR) is 100 cm³/mol. The maximum Gasteiger partial charge on any atom is 0.308 e. The number of hydrogen-bond donors (Lipinski definition) is 1. The molecule has 0 saturated carbocycles. The third-order valence-electron chi connectivity index (χ3n) is 4.49. The number of carbonyl (C=O) groups is 3. The Morgan fingerprint density at radius 1 is 1.22 bits per heavy atom. The molecule has 0 radical (unpaired) electrons. The van der Waals surface area contributed by atoms with Gasteiger partial charge in [0, 0.05) is 13.1 Å². The first-order valence-corrected chi connectivity index (χ1v) is 9.33. The van der Waals surface area contributed by atoms with E-state index in [0.717, 1.165) is 0 Å². The number of hydrogen-bond acceptors (Lipinski definition) is 5. The molecule has 1 heterocycles. The van der Waals surface area contributed by atoms with Crippen molar-refractivity contribution in [2.24, 2.45) is 0 Å². The molecule has 2 unspecified atom stereocenters. The normalized spacial score (nSPS) is 18.0. The third-order valence-corrected chi connectivity index (χ3v) is 4.49. The molecule has 27 heavy (non-hydrogen) atoms. The van der Waals surface area contributed by atoms with Gasteiger partial charge in [0.05, 0.1) is 13.0 Å². The van der Waals surface area contributed by atoms with E-state index in [1.807, 2.05) is 24.3 Å². The summed E-state index contributed by atoms with van der Waals surface area (Å²) >= 11 is 0. The third kappa shape index (κ3) is 5.45. The van der Waals surface area contributed by atoms with Crippen LogP contribution in [0.2, 0.25) is 0 Å². The van der Waals surface area contributed by atoms with Crippen molar-refractivity contribution in [3.05, 3.63) is 29.8 Å². The highest BCUT2D eigenvalue weighted by Gasteiger charge is 2.37. The average molecular weight is 376 g/mol. The molecule has 7 heteroatoms. The molecule has 1 saturated heterocycles. The number of rotatable bonds is 7. The fraction of sp³-hybridized carbons (Fsp3) is 0.550. The van der Waals surface area contributed by atoms with Gasteiger partial charge < -0.3 is 19.7 Å². The maximum atomic E-state index is 12.8. The van der Waals surface area contributed by atoms with Crippen LogP contribution in [0.5, 0.6) is 5.75 Å². The van der Waals surface area contributed by atoms with Gasteiger partial charge in [-0.05, 0) is 37.5 Å². The number of ether oxygens (including phenoxy) is 2. The lowest BCUT2D eigenvalue weighted by atomic mass is 10.0. The SMILES string of the molecule is CCOC(=O)CC1C(=O)NCCN1C(=O)C(C)Oc1ccc(C(C)C)cc1. The second kappa shape index (κ2) is 9.39. The summed E-state index contributed by atoms with van der Waals surface area (Å²) in [5.41, 5.74) is 1.18. The fourth-order valence-electron chi connectivity index (χ4n) is 2.98. The van der Waals surface area contributed by atoms with Gasteiger partial charge in [-0.3, -0.25) is 14.4 Å². The number of carbonyl (C=O) groups excluding carboxylic acids is 3. The Balaban J connectivity index is 2.05. The lowest BCUT2D eigenvalue weighted by Gasteiger charge is -2.36. The van der Waals surface area contributed by atoms with Crippen LogP contribution in [-0.2, 0) is 19.1 Å². The quantitative estimate of drug-likeness (QED) is 0.734. The standard InChI is InChI=1S/C20H28N2O5/c1-5-26-18(23)12-17-19(24)21-10-11-22(17)20(25)14(4)27-16-8-6-15(7-9-16)13(2)3/h6-9,13-14,17H,5,10-12H2,1-4H3,(H,21,24). The Morgan fingerprint density at radius 2 is 1.89 bits per heavy atom. The second-order valence-corrected chi connectivity index (χ2v) is 6.83. The van der Waals surface area contributed by atoms with Gasteiger partial charge in [-0.15, -0.1) is 0 Å². The molecule has 0 aromatic heterocycles. The summed E-state index contributed by atoms with van der Waals surface area (Å²) in [7, 11) is 0. The second-order valence-electron chi connectivity index (χ2n) is 6.83. The fourth-order valence-corrected chi connectivity index (χ4v) is 2.98. The smallest absolute Gasteiger partial charge is 0.308 e. The lowest BCUT2D eigenvalue weighted by Crippen LogP contribution is -2.60. The summed E-state index contributed by atoms with van der Waals surface area (Å²) in [5.74, 6) is -0.185. The Hall–Kier alpha value is -2.57. The zero-order valence-electron chi connectivity index (χ0n) is 16.4. The van der Waals surface area contributed by atoms with Crippen molar-refractivity contribution in [1.29, 1.82) is 0 Å². The zero-order chi connectivity index (χ0) is 20.0. The van der Waals surface area contributed by atoms with Crippen LogP contribution in [-0.4, -0.2) is 54.5 Å². The Kier molecular flexibility index (Phi) is 7.21. The van der Waals surface area contributed by atoms with Crippen LogP contribution in [0.4, 0.5) is 0 Å². The first-order chi connectivity index (χ1) is 12.8. The number of nitrogens with zero attached hydrogens (tertiary/aromatic N) is 1. The molecule has 1 aromatic rings. The van der Waals surface area contributed by atoms with E-state index in [-0.39, 0.29) is 24.8 Å². The molecule has 7 nitrogen and oxygen atoms in total. The summed E-state index contributed by atoms with van der Waals surface area (Å²) in [4.78, 5) is 38.2. The van der Waals surface area contributed by atoms with Crippen molar-refractivity contribution < 1.29 is 23.9 Å². The van der Waals surface area contributed by atoms with E-state index in [1.165, 1.54) is 10.5 Å². The monoisotopic (exact) mass is 376 g/mol. The minimum Gasteiger partial charge on any atom is -0.481 e. The molecule has 148 valence electrons. The highest BCUT2D eigenvalue weighted by Crippen LogP contribution is 2.20. The van der Waals surface area contributed by atoms with E-state index in [9.17, 15) is 14.4 Å². The largest absolute Gasteiger partial charge is 0.481 e.